The van der Waals surface area contributed by atoms with Crippen LogP contribution in [0.4, 0.5) is 0 Å². The molecule has 0 saturated heterocycles. The largest absolute Gasteiger partial charge is 0.353 e. The zero-order chi connectivity index (χ0) is 11.4. The van der Waals surface area contributed by atoms with Crippen molar-refractivity contribution in [1.29, 1.82) is 0 Å². The fourth-order valence-electron chi connectivity index (χ4n) is 1.10. The van der Waals surface area contributed by atoms with Crippen LogP contribution in [0.3, 0.4) is 0 Å². The molecule has 6 heteroatoms. The van der Waals surface area contributed by atoms with Crippen molar-refractivity contribution in [2.75, 3.05) is 12.3 Å². The van der Waals surface area contributed by atoms with Crippen LogP contribution in [0.15, 0.2) is 6.20 Å². The first-order chi connectivity index (χ1) is 7.06. The normalized spacial score (nSPS) is 12.5. The van der Waals surface area contributed by atoms with Crippen molar-refractivity contribution in [3.8, 4) is 0 Å². The number of carbonyl (C=O) groups is 1. The van der Waals surface area contributed by atoms with Gasteiger partial charge in [-0.1, -0.05) is 11.6 Å². The Morgan fingerprint density at radius 1 is 1.80 bits per heavy atom. The van der Waals surface area contributed by atoms with Gasteiger partial charge in [-0.2, -0.15) is 17.7 Å². The van der Waals surface area contributed by atoms with E-state index >= 15 is 0 Å². The van der Waals surface area contributed by atoms with E-state index in [0.717, 1.165) is 5.69 Å². The second-order valence-electron chi connectivity index (χ2n) is 3.23. The molecule has 0 spiro atoms. The first-order valence-electron chi connectivity index (χ1n) is 4.66. The number of amides is 1. The summed E-state index contributed by atoms with van der Waals surface area (Å²) in [6.07, 6.45) is 1.65. The Morgan fingerprint density at radius 2 is 2.47 bits per heavy atom. The molecular formula is C9H14ClN3OS. The quantitative estimate of drug-likeness (QED) is 0.792. The molecule has 0 fully saturated rings. The maximum absolute atomic E-state index is 11.6. The molecule has 1 aromatic heterocycles. The van der Waals surface area contributed by atoms with Crippen molar-refractivity contribution >= 4 is 30.1 Å². The van der Waals surface area contributed by atoms with Crippen molar-refractivity contribution in [2.24, 2.45) is 0 Å². The minimum atomic E-state index is -0.351. The lowest BCUT2D eigenvalue weighted by atomic mass is 10.3. The van der Waals surface area contributed by atoms with Gasteiger partial charge in [0.05, 0.1) is 10.7 Å². The number of hydrogen-bond acceptors (Lipinski definition) is 3. The Morgan fingerprint density at radius 3 is 2.93 bits per heavy atom. The molecule has 1 atom stereocenters. The summed E-state index contributed by atoms with van der Waals surface area (Å²) in [6, 6.07) is -0.351. The van der Waals surface area contributed by atoms with Crippen molar-refractivity contribution in [2.45, 2.75) is 19.9 Å². The number of aryl methyl sites for hydroxylation is 1. The number of halogens is 1. The van der Waals surface area contributed by atoms with Gasteiger partial charge in [0.25, 0.3) is 0 Å². The van der Waals surface area contributed by atoms with Crippen LogP contribution in [0.1, 0.15) is 18.7 Å². The van der Waals surface area contributed by atoms with E-state index in [1.807, 2.05) is 0 Å². The van der Waals surface area contributed by atoms with E-state index in [2.05, 4.69) is 23.0 Å². The molecule has 1 rings (SSSR count). The van der Waals surface area contributed by atoms with E-state index in [0.29, 0.717) is 17.3 Å². The third-order valence-corrected chi connectivity index (χ3v) is 2.64. The van der Waals surface area contributed by atoms with Gasteiger partial charge in [-0.25, -0.2) is 0 Å². The van der Waals surface area contributed by atoms with Crippen molar-refractivity contribution in [3.63, 3.8) is 0 Å². The van der Waals surface area contributed by atoms with Gasteiger partial charge >= 0.3 is 0 Å². The Balaban J connectivity index is 2.67. The fourth-order valence-corrected chi connectivity index (χ4v) is 1.35. The standard InChI is InChI=1S/C9H14ClN3OS/c1-6-8(10)5-13(12-6)7(2)9(14)11-3-4-15/h5,7,15H,3-4H2,1-2H3,(H,11,14). The Hall–Kier alpha value is -0.680. The first-order valence-corrected chi connectivity index (χ1v) is 5.67. The van der Waals surface area contributed by atoms with Gasteiger partial charge in [0.2, 0.25) is 5.91 Å². The average Bonchev–Trinajstić information content (AvgIpc) is 2.54. The molecule has 4 nitrogen and oxygen atoms in total. The summed E-state index contributed by atoms with van der Waals surface area (Å²) >= 11 is 9.87. The maximum atomic E-state index is 11.6. The third kappa shape index (κ3) is 3.14. The second-order valence-corrected chi connectivity index (χ2v) is 4.09. The highest BCUT2D eigenvalue weighted by atomic mass is 35.5. The molecule has 1 unspecified atom stereocenters. The van der Waals surface area contributed by atoms with Gasteiger partial charge in [0.1, 0.15) is 6.04 Å². The number of hydrogen-bond donors (Lipinski definition) is 2. The van der Waals surface area contributed by atoms with Crippen molar-refractivity contribution in [3.05, 3.63) is 16.9 Å². The molecule has 84 valence electrons. The second kappa shape index (κ2) is 5.42. The molecule has 15 heavy (non-hydrogen) atoms. The molecule has 0 bridgehead atoms. The lowest BCUT2D eigenvalue weighted by molar-refractivity contribution is -0.124. The van der Waals surface area contributed by atoms with Crippen LogP contribution in [0.25, 0.3) is 0 Å². The first kappa shape index (κ1) is 12.4. The molecule has 1 heterocycles. The molecule has 0 aromatic carbocycles. The van der Waals surface area contributed by atoms with E-state index in [4.69, 9.17) is 11.6 Å². The number of carbonyl (C=O) groups excluding carboxylic acids is 1. The highest BCUT2D eigenvalue weighted by Gasteiger charge is 2.16. The lowest BCUT2D eigenvalue weighted by Crippen LogP contribution is -2.32. The smallest absolute Gasteiger partial charge is 0.244 e. The van der Waals surface area contributed by atoms with Gasteiger partial charge in [-0.3, -0.25) is 9.48 Å². The Labute approximate surface area is 99.4 Å². The maximum Gasteiger partial charge on any atom is 0.244 e. The Bertz CT molecular complexity index is 334. The molecule has 0 saturated carbocycles. The zero-order valence-electron chi connectivity index (χ0n) is 8.70. The molecular weight excluding hydrogens is 234 g/mol. The number of thiol groups is 1. The minimum Gasteiger partial charge on any atom is -0.353 e. The van der Waals surface area contributed by atoms with Gasteiger partial charge in [-0.15, -0.1) is 0 Å². The Kier molecular flexibility index (Phi) is 4.47. The number of rotatable bonds is 4. The summed E-state index contributed by atoms with van der Waals surface area (Å²) in [5.74, 6) is 0.542. The average molecular weight is 248 g/mol. The van der Waals surface area contributed by atoms with E-state index < -0.39 is 0 Å². The van der Waals surface area contributed by atoms with Crippen LogP contribution >= 0.6 is 24.2 Å². The van der Waals surface area contributed by atoms with Crippen LogP contribution in [0.5, 0.6) is 0 Å². The minimum absolute atomic E-state index is 0.0804. The molecule has 0 aliphatic heterocycles. The number of nitrogens with zero attached hydrogens (tertiary/aromatic N) is 2. The van der Waals surface area contributed by atoms with Gasteiger partial charge < -0.3 is 5.32 Å². The summed E-state index contributed by atoms with van der Waals surface area (Å²) < 4.78 is 1.56. The topological polar surface area (TPSA) is 46.9 Å². The predicted molar refractivity (Wildman–Crippen MR) is 63.5 cm³/mol. The van der Waals surface area contributed by atoms with E-state index in [-0.39, 0.29) is 11.9 Å². The summed E-state index contributed by atoms with van der Waals surface area (Å²) in [5.41, 5.74) is 0.727. The lowest BCUT2D eigenvalue weighted by Gasteiger charge is -2.11. The van der Waals surface area contributed by atoms with Gasteiger partial charge in [0.15, 0.2) is 0 Å². The van der Waals surface area contributed by atoms with Crippen LogP contribution in [0.2, 0.25) is 5.02 Å². The molecule has 0 radical (unpaired) electrons. The van der Waals surface area contributed by atoms with Crippen LogP contribution in [-0.2, 0) is 4.79 Å². The van der Waals surface area contributed by atoms with Gasteiger partial charge in [-0.05, 0) is 13.8 Å². The number of nitrogens with one attached hydrogen (secondary N) is 1. The summed E-state index contributed by atoms with van der Waals surface area (Å²) in [6.45, 7) is 4.13. The summed E-state index contributed by atoms with van der Waals surface area (Å²) in [5, 5.41) is 7.46. The van der Waals surface area contributed by atoms with Crippen LogP contribution in [-0.4, -0.2) is 28.0 Å². The zero-order valence-corrected chi connectivity index (χ0v) is 10.3. The predicted octanol–water partition coefficient (Wildman–Crippen LogP) is 1.45. The molecule has 0 aliphatic carbocycles. The fraction of sp³-hybridized carbons (Fsp3) is 0.556. The van der Waals surface area contributed by atoms with Gasteiger partial charge in [0, 0.05) is 18.5 Å². The van der Waals surface area contributed by atoms with Crippen LogP contribution < -0.4 is 5.32 Å². The van der Waals surface area contributed by atoms with Crippen LogP contribution in [0, 0.1) is 6.92 Å². The third-order valence-electron chi connectivity index (χ3n) is 2.04. The molecule has 1 amide bonds. The van der Waals surface area contributed by atoms with Crippen molar-refractivity contribution < 1.29 is 4.79 Å². The van der Waals surface area contributed by atoms with E-state index in [9.17, 15) is 4.79 Å². The highest BCUT2D eigenvalue weighted by Crippen LogP contribution is 2.15. The molecule has 1 N–H and O–H groups in total. The molecule has 1 aromatic rings. The summed E-state index contributed by atoms with van der Waals surface area (Å²) in [7, 11) is 0. The molecule has 0 aliphatic rings. The number of aromatic nitrogens is 2. The monoisotopic (exact) mass is 247 g/mol. The van der Waals surface area contributed by atoms with Crippen molar-refractivity contribution in [1.82, 2.24) is 15.1 Å². The highest BCUT2D eigenvalue weighted by molar-refractivity contribution is 7.80. The van der Waals surface area contributed by atoms with E-state index in [1.165, 1.54) is 0 Å². The SMILES string of the molecule is Cc1nn(C(C)C(=O)NCCS)cc1Cl. The summed E-state index contributed by atoms with van der Waals surface area (Å²) in [4.78, 5) is 11.6. The van der Waals surface area contributed by atoms with E-state index in [1.54, 1.807) is 24.7 Å².